The van der Waals surface area contributed by atoms with Gasteiger partial charge in [0.1, 0.15) is 0 Å². The lowest BCUT2D eigenvalue weighted by molar-refractivity contribution is 0.0945. The number of aryl methyl sites for hydroxylation is 2. The van der Waals surface area contributed by atoms with Gasteiger partial charge in [-0.15, -0.1) is 5.10 Å². The summed E-state index contributed by atoms with van der Waals surface area (Å²) >= 11 is 0. The lowest BCUT2D eigenvalue weighted by atomic mass is 10.2. The van der Waals surface area contributed by atoms with Crippen LogP contribution in [0.3, 0.4) is 0 Å². The normalized spacial score (nSPS) is 11.2. The quantitative estimate of drug-likeness (QED) is 0.373. The van der Waals surface area contributed by atoms with Crippen LogP contribution in [-0.2, 0) is 0 Å². The molecule has 0 spiro atoms. The Morgan fingerprint density at radius 3 is 2.75 bits per heavy atom. The molecule has 9 heteroatoms. The minimum Gasteiger partial charge on any atom is -0.504 e. The van der Waals surface area contributed by atoms with E-state index >= 15 is 0 Å². The van der Waals surface area contributed by atoms with Gasteiger partial charge in [-0.05, 0) is 43.7 Å². The van der Waals surface area contributed by atoms with E-state index in [2.05, 4.69) is 25.6 Å². The van der Waals surface area contributed by atoms with E-state index in [-0.39, 0.29) is 17.3 Å². The van der Waals surface area contributed by atoms with Crippen molar-refractivity contribution in [2.75, 3.05) is 0 Å². The van der Waals surface area contributed by atoms with E-state index in [1.807, 2.05) is 19.9 Å². The highest BCUT2D eigenvalue weighted by Crippen LogP contribution is 2.23. The maximum absolute atomic E-state index is 12.0. The molecule has 1 amide bonds. The summed E-state index contributed by atoms with van der Waals surface area (Å²) in [7, 11) is 0. The third kappa shape index (κ3) is 3.00. The van der Waals surface area contributed by atoms with Crippen molar-refractivity contribution in [3.8, 4) is 11.5 Å². The van der Waals surface area contributed by atoms with Gasteiger partial charge in [-0.3, -0.25) is 4.79 Å². The molecule has 0 fully saturated rings. The number of carbonyl (C=O) groups is 1. The number of phenolic OH excluding ortho intramolecular Hbond substituents is 2. The fourth-order valence-electron chi connectivity index (χ4n) is 2.10. The fraction of sp³-hybridized carbons (Fsp3) is 0.133. The molecule has 0 aliphatic rings. The lowest BCUT2D eigenvalue weighted by Crippen LogP contribution is -2.19. The highest BCUT2D eigenvalue weighted by molar-refractivity contribution is 5.91. The zero-order valence-corrected chi connectivity index (χ0v) is 12.9. The Morgan fingerprint density at radius 2 is 2.00 bits per heavy atom. The predicted molar refractivity (Wildman–Crippen MR) is 85.1 cm³/mol. The second kappa shape index (κ2) is 5.95. The van der Waals surface area contributed by atoms with Crippen molar-refractivity contribution < 1.29 is 15.0 Å². The Labute approximate surface area is 136 Å². The van der Waals surface area contributed by atoms with Crippen LogP contribution in [-0.4, -0.2) is 41.9 Å². The Balaban J connectivity index is 1.76. The fourth-order valence-corrected chi connectivity index (χ4v) is 2.10. The number of hydrogen-bond acceptors (Lipinski definition) is 7. The van der Waals surface area contributed by atoms with E-state index in [0.717, 1.165) is 11.4 Å². The van der Waals surface area contributed by atoms with Crippen LogP contribution in [0.1, 0.15) is 27.6 Å². The monoisotopic (exact) mass is 326 g/mol. The molecule has 0 aliphatic carbocycles. The first-order chi connectivity index (χ1) is 11.4. The summed E-state index contributed by atoms with van der Waals surface area (Å²) in [5.74, 6) is -0.809. The van der Waals surface area contributed by atoms with E-state index in [1.54, 1.807) is 0 Å². The maximum atomic E-state index is 12.0. The highest BCUT2D eigenvalue weighted by Gasteiger charge is 2.14. The van der Waals surface area contributed by atoms with Crippen molar-refractivity contribution in [2.45, 2.75) is 13.8 Å². The summed E-state index contributed by atoms with van der Waals surface area (Å²) < 4.78 is 1.48. The van der Waals surface area contributed by atoms with Crippen molar-refractivity contribution in [2.24, 2.45) is 5.10 Å². The number of hydrogen-bond donors (Lipinski definition) is 3. The van der Waals surface area contributed by atoms with Crippen LogP contribution in [0.2, 0.25) is 0 Å². The smallest absolute Gasteiger partial charge is 0.311 e. The van der Waals surface area contributed by atoms with Crippen molar-refractivity contribution in [1.82, 2.24) is 25.0 Å². The number of aromatic hydroxyl groups is 2. The molecule has 0 atom stereocenters. The summed E-state index contributed by atoms with van der Waals surface area (Å²) in [5, 5.41) is 26.5. The molecular formula is C15H14N6O3. The van der Waals surface area contributed by atoms with E-state index in [1.165, 1.54) is 28.9 Å². The van der Waals surface area contributed by atoms with Crippen LogP contribution < -0.4 is 5.43 Å². The number of nitrogens with one attached hydrogen (secondary N) is 1. The second-order valence-corrected chi connectivity index (χ2v) is 5.13. The van der Waals surface area contributed by atoms with Crippen molar-refractivity contribution >= 4 is 17.9 Å². The number of rotatable bonds is 3. The van der Waals surface area contributed by atoms with Crippen LogP contribution in [0, 0.1) is 13.8 Å². The number of amides is 1. The molecule has 3 rings (SSSR count). The average Bonchev–Trinajstić information content (AvgIpc) is 2.95. The average molecular weight is 326 g/mol. The molecule has 0 saturated carbocycles. The molecule has 2 heterocycles. The van der Waals surface area contributed by atoms with Gasteiger partial charge in [0.05, 0.1) is 6.21 Å². The molecule has 9 nitrogen and oxygen atoms in total. The molecule has 0 aliphatic heterocycles. The van der Waals surface area contributed by atoms with E-state index in [4.69, 9.17) is 0 Å². The number of nitrogens with zero attached hydrogens (tertiary/aromatic N) is 5. The van der Waals surface area contributed by atoms with Gasteiger partial charge >= 0.3 is 5.91 Å². The lowest BCUT2D eigenvalue weighted by Gasteiger charge is -1.98. The zero-order valence-electron chi connectivity index (χ0n) is 12.9. The summed E-state index contributed by atoms with van der Waals surface area (Å²) in [4.78, 5) is 20.3. The Kier molecular flexibility index (Phi) is 3.82. The molecule has 0 saturated heterocycles. The van der Waals surface area contributed by atoms with E-state index < -0.39 is 5.91 Å². The van der Waals surface area contributed by atoms with Crippen molar-refractivity contribution in [3.63, 3.8) is 0 Å². The minimum absolute atomic E-state index is 0.0538. The Bertz CT molecular complexity index is 963. The molecule has 2 aromatic heterocycles. The number of aromatic nitrogens is 4. The van der Waals surface area contributed by atoms with Gasteiger partial charge in [0.2, 0.25) is 5.82 Å². The molecule has 0 unspecified atom stereocenters. The largest absolute Gasteiger partial charge is 0.504 e. The van der Waals surface area contributed by atoms with Gasteiger partial charge in [0, 0.05) is 11.4 Å². The molecule has 3 aromatic rings. The van der Waals surface area contributed by atoms with Gasteiger partial charge in [0.15, 0.2) is 11.5 Å². The predicted octanol–water partition coefficient (Wildman–Crippen LogP) is 0.916. The molecular weight excluding hydrogens is 312 g/mol. The van der Waals surface area contributed by atoms with Crippen LogP contribution in [0.25, 0.3) is 5.78 Å². The third-order valence-corrected chi connectivity index (χ3v) is 3.20. The van der Waals surface area contributed by atoms with Crippen molar-refractivity contribution in [3.05, 3.63) is 47.0 Å². The number of benzene rings is 1. The summed E-state index contributed by atoms with van der Waals surface area (Å²) in [6.07, 6.45) is 1.32. The van der Waals surface area contributed by atoms with E-state index in [9.17, 15) is 15.0 Å². The van der Waals surface area contributed by atoms with Gasteiger partial charge in [-0.2, -0.15) is 10.1 Å². The van der Waals surface area contributed by atoms with Gasteiger partial charge in [-0.1, -0.05) is 0 Å². The summed E-state index contributed by atoms with van der Waals surface area (Å²) in [6.45, 7) is 3.67. The van der Waals surface area contributed by atoms with Crippen LogP contribution >= 0.6 is 0 Å². The van der Waals surface area contributed by atoms with E-state index in [0.29, 0.717) is 11.3 Å². The standard InChI is InChI=1S/C15H14N6O3/c1-8-5-9(2)21-15(17-8)18-13(20-21)14(24)19-16-7-10-3-4-11(22)12(23)6-10/h3-7,22-23H,1-2H3,(H,19,24)/b16-7+. The summed E-state index contributed by atoms with van der Waals surface area (Å²) in [5.41, 5.74) is 4.39. The summed E-state index contributed by atoms with van der Waals surface area (Å²) in [6, 6.07) is 5.99. The first-order valence-electron chi connectivity index (χ1n) is 7.00. The SMILES string of the molecule is Cc1cc(C)n2nc(C(=O)N/N=C/c3ccc(O)c(O)c3)nc2n1. The molecule has 1 aromatic carbocycles. The van der Waals surface area contributed by atoms with Crippen LogP contribution in [0.5, 0.6) is 11.5 Å². The third-order valence-electron chi connectivity index (χ3n) is 3.20. The second-order valence-electron chi connectivity index (χ2n) is 5.13. The van der Waals surface area contributed by atoms with Gasteiger partial charge in [-0.25, -0.2) is 14.9 Å². The molecule has 0 bridgehead atoms. The van der Waals surface area contributed by atoms with Crippen LogP contribution in [0.4, 0.5) is 0 Å². The molecule has 3 N–H and O–H groups in total. The number of phenols is 2. The molecule has 0 radical (unpaired) electrons. The van der Waals surface area contributed by atoms with Crippen LogP contribution in [0.15, 0.2) is 29.4 Å². The number of fused-ring (bicyclic) bond motifs is 1. The number of hydrazone groups is 1. The maximum Gasteiger partial charge on any atom is 0.311 e. The zero-order chi connectivity index (χ0) is 17.3. The topological polar surface area (TPSA) is 125 Å². The van der Waals surface area contributed by atoms with Crippen molar-refractivity contribution in [1.29, 1.82) is 0 Å². The Hall–Kier alpha value is -3.49. The van der Waals surface area contributed by atoms with Gasteiger partial charge in [0.25, 0.3) is 5.78 Å². The van der Waals surface area contributed by atoms with Gasteiger partial charge < -0.3 is 10.2 Å². The molecule has 122 valence electrons. The number of carbonyl (C=O) groups excluding carboxylic acids is 1. The first-order valence-corrected chi connectivity index (χ1v) is 7.00. The Morgan fingerprint density at radius 1 is 1.21 bits per heavy atom. The molecule has 24 heavy (non-hydrogen) atoms. The highest BCUT2D eigenvalue weighted by atomic mass is 16.3. The first kappa shape index (κ1) is 15.4. The minimum atomic E-state index is -0.586.